The Morgan fingerprint density at radius 1 is 1.26 bits per heavy atom. The van der Waals surface area contributed by atoms with Crippen LogP contribution in [0.2, 0.25) is 0 Å². The molecule has 4 nitrogen and oxygen atoms in total. The van der Waals surface area contributed by atoms with E-state index in [1.54, 1.807) is 24.3 Å². The van der Waals surface area contributed by atoms with E-state index in [2.05, 4.69) is 9.93 Å². The summed E-state index contributed by atoms with van der Waals surface area (Å²) in [7, 11) is -3.52. The smallest absolute Gasteiger partial charge is 0.200 e. The number of aryl methyl sites for hydroxylation is 1. The maximum atomic E-state index is 12.1. The fourth-order valence-electron chi connectivity index (χ4n) is 2.73. The summed E-state index contributed by atoms with van der Waals surface area (Å²) in [6.07, 6.45) is 4.52. The van der Waals surface area contributed by atoms with Crippen LogP contribution in [0.3, 0.4) is 0 Å². The highest BCUT2D eigenvalue weighted by Crippen LogP contribution is 2.47. The topological polar surface area (TPSA) is 58.5 Å². The van der Waals surface area contributed by atoms with E-state index in [0.717, 1.165) is 30.0 Å². The molecule has 2 saturated carbocycles. The maximum Gasteiger partial charge on any atom is 0.276 e. The van der Waals surface area contributed by atoms with Gasteiger partial charge in [0.25, 0.3) is 10.0 Å². The van der Waals surface area contributed by atoms with Crippen molar-refractivity contribution in [2.75, 3.05) is 0 Å². The Morgan fingerprint density at radius 2 is 2.00 bits per heavy atom. The summed E-state index contributed by atoms with van der Waals surface area (Å²) in [5.74, 6) is 1.30. The number of hydrazone groups is 1. The quantitative estimate of drug-likeness (QED) is 0.863. The zero-order valence-electron chi connectivity index (χ0n) is 11.0. The second-order valence-corrected chi connectivity index (χ2v) is 7.17. The molecule has 0 aliphatic heterocycles. The van der Waals surface area contributed by atoms with Crippen LogP contribution in [0.15, 0.2) is 34.3 Å². The largest absolute Gasteiger partial charge is 0.276 e. The van der Waals surface area contributed by atoms with Gasteiger partial charge in [-0.1, -0.05) is 17.7 Å². The molecule has 1 N–H and O–H groups in total. The van der Waals surface area contributed by atoms with Crippen molar-refractivity contribution in [2.45, 2.75) is 37.5 Å². The molecule has 0 amide bonds. The van der Waals surface area contributed by atoms with Crippen molar-refractivity contribution < 1.29 is 8.42 Å². The van der Waals surface area contributed by atoms with Gasteiger partial charge in [-0.15, -0.1) is 0 Å². The van der Waals surface area contributed by atoms with Gasteiger partial charge in [0, 0.05) is 11.6 Å². The number of nitrogens with one attached hydrogen (secondary N) is 1. The van der Waals surface area contributed by atoms with Crippen molar-refractivity contribution in [1.29, 1.82) is 0 Å². The third kappa shape index (κ3) is 2.66. The molecular formula is C14H18N2O2S. The Labute approximate surface area is 114 Å². The van der Waals surface area contributed by atoms with Crippen LogP contribution in [0, 0.1) is 18.8 Å². The van der Waals surface area contributed by atoms with Crippen molar-refractivity contribution in [3.8, 4) is 0 Å². The molecule has 0 unspecified atom stereocenters. The first-order valence-corrected chi connectivity index (χ1v) is 8.19. The number of nitrogens with zero attached hydrogens (tertiary/aromatic N) is 1. The zero-order chi connectivity index (χ0) is 13.5. The summed E-state index contributed by atoms with van der Waals surface area (Å²) in [5.41, 5.74) is 2.07. The van der Waals surface area contributed by atoms with Crippen LogP contribution in [0.25, 0.3) is 0 Å². The summed E-state index contributed by atoms with van der Waals surface area (Å²) in [6.45, 7) is 1.93. The predicted molar refractivity (Wildman–Crippen MR) is 74.4 cm³/mol. The minimum Gasteiger partial charge on any atom is -0.200 e. The van der Waals surface area contributed by atoms with Gasteiger partial charge in [0.1, 0.15) is 0 Å². The third-order valence-corrected chi connectivity index (χ3v) is 5.22. The van der Waals surface area contributed by atoms with Crippen LogP contribution in [-0.2, 0) is 10.0 Å². The van der Waals surface area contributed by atoms with Crippen LogP contribution < -0.4 is 4.83 Å². The molecule has 0 bridgehead atoms. The summed E-state index contributed by atoms with van der Waals surface area (Å²) in [4.78, 5) is 2.65. The zero-order valence-corrected chi connectivity index (χ0v) is 11.8. The van der Waals surface area contributed by atoms with E-state index in [4.69, 9.17) is 0 Å². The van der Waals surface area contributed by atoms with Gasteiger partial charge in [-0.05, 0) is 50.7 Å². The molecule has 2 atom stereocenters. The lowest BCUT2D eigenvalue weighted by Crippen LogP contribution is -2.22. The Hall–Kier alpha value is -1.36. The summed E-state index contributed by atoms with van der Waals surface area (Å²) < 4.78 is 24.2. The van der Waals surface area contributed by atoms with Gasteiger partial charge >= 0.3 is 0 Å². The highest BCUT2D eigenvalue weighted by Gasteiger charge is 2.43. The number of benzene rings is 1. The lowest BCUT2D eigenvalue weighted by atomic mass is 9.99. The highest BCUT2D eigenvalue weighted by molar-refractivity contribution is 7.89. The van der Waals surface area contributed by atoms with Gasteiger partial charge in [0.05, 0.1) is 4.90 Å². The molecule has 2 fully saturated rings. The summed E-state index contributed by atoms with van der Waals surface area (Å²) in [6, 6.07) is 6.80. The van der Waals surface area contributed by atoms with Gasteiger partial charge in [0.15, 0.2) is 0 Å². The fraction of sp³-hybridized carbons (Fsp3) is 0.500. The standard InChI is InChI=1S/C14H18N2O2S/c1-10-5-7-12(8-6-10)19(17,18)16-15-14-4-2-3-11-9-13(11)14/h5-8,11,13,16H,2-4,9H2,1H3/b15-14+/t11-,13+/m0/s1. The molecule has 0 aromatic heterocycles. The third-order valence-electron chi connectivity index (χ3n) is 4.00. The van der Waals surface area contributed by atoms with Gasteiger partial charge in [-0.3, -0.25) is 0 Å². The number of rotatable bonds is 3. The number of hydrogen-bond acceptors (Lipinski definition) is 3. The minimum atomic E-state index is -3.52. The number of fused-ring (bicyclic) bond motifs is 1. The summed E-state index contributed by atoms with van der Waals surface area (Å²) >= 11 is 0. The van der Waals surface area contributed by atoms with Crippen molar-refractivity contribution in [2.24, 2.45) is 16.9 Å². The number of hydrogen-bond donors (Lipinski definition) is 1. The fourth-order valence-corrected chi connectivity index (χ4v) is 3.57. The molecule has 102 valence electrons. The first kappa shape index (κ1) is 12.7. The molecule has 0 heterocycles. The molecule has 3 rings (SSSR count). The van der Waals surface area contributed by atoms with Crippen molar-refractivity contribution in [3.63, 3.8) is 0 Å². The van der Waals surface area contributed by atoms with E-state index in [1.165, 1.54) is 12.8 Å². The van der Waals surface area contributed by atoms with E-state index in [-0.39, 0.29) is 4.90 Å². The molecular weight excluding hydrogens is 260 g/mol. The molecule has 5 heteroatoms. The first-order valence-electron chi connectivity index (χ1n) is 6.71. The lowest BCUT2D eigenvalue weighted by Gasteiger charge is -2.12. The molecule has 1 aromatic carbocycles. The van der Waals surface area contributed by atoms with Crippen LogP contribution in [0.4, 0.5) is 0 Å². The Morgan fingerprint density at radius 3 is 2.74 bits per heavy atom. The van der Waals surface area contributed by atoms with Crippen LogP contribution in [-0.4, -0.2) is 14.1 Å². The second-order valence-electron chi connectivity index (χ2n) is 5.51. The summed E-state index contributed by atoms with van der Waals surface area (Å²) in [5, 5.41) is 4.16. The van der Waals surface area contributed by atoms with E-state index in [9.17, 15) is 8.42 Å². The van der Waals surface area contributed by atoms with Crippen LogP contribution >= 0.6 is 0 Å². The van der Waals surface area contributed by atoms with Gasteiger partial charge in [0.2, 0.25) is 0 Å². The number of sulfonamides is 1. The normalized spacial score (nSPS) is 27.9. The molecule has 2 aliphatic carbocycles. The molecule has 0 radical (unpaired) electrons. The molecule has 0 saturated heterocycles. The Kier molecular flexibility index (Phi) is 3.09. The average Bonchev–Trinajstić information content (AvgIpc) is 3.16. The van der Waals surface area contributed by atoms with E-state index in [0.29, 0.717) is 5.92 Å². The first-order chi connectivity index (χ1) is 9.06. The SMILES string of the molecule is Cc1ccc(S(=O)(=O)N/N=C2\CCC[C@H]3C[C@@H]23)cc1. The van der Waals surface area contributed by atoms with Crippen molar-refractivity contribution in [3.05, 3.63) is 29.8 Å². The predicted octanol–water partition coefficient (Wildman–Crippen LogP) is 2.45. The second kappa shape index (κ2) is 4.63. The lowest BCUT2D eigenvalue weighted by molar-refractivity contribution is 0.581. The molecule has 0 spiro atoms. The van der Waals surface area contributed by atoms with Gasteiger partial charge in [-0.2, -0.15) is 13.5 Å². The van der Waals surface area contributed by atoms with Crippen molar-refractivity contribution >= 4 is 15.7 Å². The highest BCUT2D eigenvalue weighted by atomic mass is 32.2. The Balaban J connectivity index is 1.75. The average molecular weight is 278 g/mol. The minimum absolute atomic E-state index is 0.269. The van der Waals surface area contributed by atoms with E-state index >= 15 is 0 Å². The van der Waals surface area contributed by atoms with Gasteiger partial charge in [-0.25, -0.2) is 4.83 Å². The monoisotopic (exact) mass is 278 g/mol. The Bertz CT molecular complexity index is 605. The van der Waals surface area contributed by atoms with E-state index in [1.807, 2.05) is 6.92 Å². The molecule has 19 heavy (non-hydrogen) atoms. The van der Waals surface area contributed by atoms with Gasteiger partial charge < -0.3 is 0 Å². The van der Waals surface area contributed by atoms with E-state index < -0.39 is 10.0 Å². The maximum absolute atomic E-state index is 12.1. The molecule has 2 aliphatic rings. The van der Waals surface area contributed by atoms with Crippen LogP contribution in [0.1, 0.15) is 31.2 Å². The van der Waals surface area contributed by atoms with Crippen LogP contribution in [0.5, 0.6) is 0 Å². The molecule has 1 aromatic rings. The van der Waals surface area contributed by atoms with Crippen molar-refractivity contribution in [1.82, 2.24) is 4.83 Å².